The Bertz CT molecular complexity index is 298. The number of hydrogen-bond acceptors (Lipinski definition) is 1. The van der Waals surface area contributed by atoms with Gasteiger partial charge in [0.2, 0.25) is 0 Å². The van der Waals surface area contributed by atoms with Crippen LogP contribution in [0, 0.1) is 0 Å². The molecule has 0 saturated heterocycles. The summed E-state index contributed by atoms with van der Waals surface area (Å²) in [5.74, 6) is -1.80. The van der Waals surface area contributed by atoms with E-state index in [2.05, 4.69) is 0 Å². The highest BCUT2D eigenvalue weighted by Crippen LogP contribution is 2.20. The maximum Gasteiger partial charge on any atom is 0.454 e. The number of halogens is 5. The van der Waals surface area contributed by atoms with Crippen molar-refractivity contribution >= 4 is 29.0 Å². The first kappa shape index (κ1) is 14.3. The lowest BCUT2D eigenvalue weighted by Crippen LogP contribution is -2.22. The van der Waals surface area contributed by atoms with Gasteiger partial charge >= 0.3 is 6.18 Å². The number of benzene rings is 1. The Kier molecular flexibility index (Phi) is 6.36. The average molecular weight is 259 g/mol. The fourth-order valence-electron chi connectivity index (χ4n) is 0.753. The number of carbonyl (C=O) groups excluding carboxylic acids is 1. The van der Waals surface area contributed by atoms with Crippen LogP contribution in [0.3, 0.4) is 0 Å². The van der Waals surface area contributed by atoms with Crippen LogP contribution in [0.1, 0.15) is 10.4 Å². The zero-order valence-corrected chi connectivity index (χ0v) is 8.90. The van der Waals surface area contributed by atoms with Crippen LogP contribution in [0.25, 0.3) is 0 Å². The largest absolute Gasteiger partial charge is 0.454 e. The SMILES string of the molecule is ClCCl.O=C(c1ccccc1)C(F)(F)F. The van der Waals surface area contributed by atoms with E-state index in [1.807, 2.05) is 0 Å². The Hall–Kier alpha value is -0.740. The Morgan fingerprint density at radius 2 is 1.53 bits per heavy atom. The normalized spacial score (nSPS) is 10.2. The molecule has 0 saturated carbocycles. The summed E-state index contributed by atoms with van der Waals surface area (Å²) in [6.07, 6.45) is -4.78. The lowest BCUT2D eigenvalue weighted by Gasteiger charge is -2.03. The Morgan fingerprint density at radius 1 is 1.13 bits per heavy atom. The van der Waals surface area contributed by atoms with Crippen LogP contribution in [0.15, 0.2) is 30.3 Å². The predicted molar refractivity (Wildman–Crippen MR) is 53.4 cm³/mol. The van der Waals surface area contributed by atoms with Gasteiger partial charge in [-0.15, -0.1) is 23.2 Å². The molecule has 1 aromatic carbocycles. The summed E-state index contributed by atoms with van der Waals surface area (Å²) in [7, 11) is 0. The van der Waals surface area contributed by atoms with Crippen molar-refractivity contribution in [3.8, 4) is 0 Å². The number of hydrogen-bond donors (Lipinski definition) is 0. The highest BCUT2D eigenvalue weighted by molar-refractivity contribution is 6.40. The van der Waals surface area contributed by atoms with Crippen molar-refractivity contribution in [3.05, 3.63) is 35.9 Å². The predicted octanol–water partition coefficient (Wildman–Crippen LogP) is 3.85. The van der Waals surface area contributed by atoms with Gasteiger partial charge in [0.15, 0.2) is 0 Å². The lowest BCUT2D eigenvalue weighted by molar-refractivity contribution is -0.0885. The molecular formula is C9H7Cl2F3O. The van der Waals surface area contributed by atoms with E-state index in [0.29, 0.717) is 0 Å². The van der Waals surface area contributed by atoms with Crippen molar-refractivity contribution < 1.29 is 18.0 Å². The molecule has 0 unspecified atom stereocenters. The van der Waals surface area contributed by atoms with Crippen LogP contribution in [0.2, 0.25) is 0 Å². The third kappa shape index (κ3) is 5.64. The van der Waals surface area contributed by atoms with Crippen molar-refractivity contribution in [2.45, 2.75) is 6.18 Å². The number of rotatable bonds is 1. The van der Waals surface area contributed by atoms with Crippen LogP contribution in [0.4, 0.5) is 13.2 Å². The van der Waals surface area contributed by atoms with Crippen LogP contribution >= 0.6 is 23.2 Å². The fourth-order valence-corrected chi connectivity index (χ4v) is 0.753. The minimum atomic E-state index is -4.78. The molecule has 6 heteroatoms. The Balaban J connectivity index is 0.000000583. The van der Waals surface area contributed by atoms with Gasteiger partial charge in [0.1, 0.15) is 0 Å². The molecular weight excluding hydrogens is 252 g/mol. The third-order valence-electron chi connectivity index (χ3n) is 1.29. The van der Waals surface area contributed by atoms with E-state index in [4.69, 9.17) is 23.2 Å². The summed E-state index contributed by atoms with van der Waals surface area (Å²) in [6.45, 7) is 0. The number of carbonyl (C=O) groups is 1. The molecule has 0 radical (unpaired) electrons. The summed E-state index contributed by atoms with van der Waals surface area (Å²) in [6, 6.07) is 6.59. The van der Waals surface area contributed by atoms with Gasteiger partial charge < -0.3 is 0 Å². The van der Waals surface area contributed by atoms with Gasteiger partial charge in [-0.25, -0.2) is 0 Å². The van der Waals surface area contributed by atoms with Crippen molar-refractivity contribution in [2.75, 3.05) is 5.34 Å². The van der Waals surface area contributed by atoms with Gasteiger partial charge in [-0.05, 0) is 0 Å². The van der Waals surface area contributed by atoms with Crippen LogP contribution in [-0.2, 0) is 0 Å². The van der Waals surface area contributed by atoms with E-state index in [0.717, 1.165) is 12.1 Å². The maximum absolute atomic E-state index is 11.8. The molecule has 0 aliphatic rings. The summed E-state index contributed by atoms with van der Waals surface area (Å²) >= 11 is 9.53. The van der Waals surface area contributed by atoms with Gasteiger partial charge in [0.25, 0.3) is 5.78 Å². The molecule has 0 aliphatic carbocycles. The topological polar surface area (TPSA) is 17.1 Å². The van der Waals surface area contributed by atoms with Crippen LogP contribution < -0.4 is 0 Å². The van der Waals surface area contributed by atoms with Crippen LogP contribution in [-0.4, -0.2) is 17.3 Å². The first-order valence-corrected chi connectivity index (χ1v) is 4.79. The van der Waals surface area contributed by atoms with E-state index >= 15 is 0 Å². The minimum absolute atomic E-state index is 0.194. The lowest BCUT2D eigenvalue weighted by atomic mass is 10.1. The van der Waals surface area contributed by atoms with E-state index in [1.54, 1.807) is 6.07 Å². The molecule has 0 amide bonds. The summed E-state index contributed by atoms with van der Waals surface area (Å²) in [5.41, 5.74) is -0.329. The molecule has 0 aromatic heterocycles. The van der Waals surface area contributed by atoms with Crippen LogP contribution in [0.5, 0.6) is 0 Å². The highest BCUT2D eigenvalue weighted by Gasteiger charge is 2.38. The first-order valence-electron chi connectivity index (χ1n) is 3.72. The third-order valence-corrected chi connectivity index (χ3v) is 1.29. The van der Waals surface area contributed by atoms with Crippen molar-refractivity contribution in [3.63, 3.8) is 0 Å². The zero-order chi connectivity index (χ0) is 11.9. The Morgan fingerprint density at radius 3 is 1.87 bits per heavy atom. The molecule has 15 heavy (non-hydrogen) atoms. The smallest absolute Gasteiger partial charge is 0.284 e. The summed E-state index contributed by atoms with van der Waals surface area (Å²) in [5, 5.41) is 0.194. The highest BCUT2D eigenvalue weighted by atomic mass is 35.5. The van der Waals surface area contributed by atoms with Gasteiger partial charge in [0, 0.05) is 5.56 Å². The van der Waals surface area contributed by atoms with Gasteiger partial charge in [-0.1, -0.05) is 30.3 Å². The van der Waals surface area contributed by atoms with Crippen molar-refractivity contribution in [1.29, 1.82) is 0 Å². The standard InChI is InChI=1S/C8H5F3O.CH2Cl2/c9-8(10,11)7(12)6-4-2-1-3-5-6;2-1-3/h1-5H;1H2. The minimum Gasteiger partial charge on any atom is -0.284 e. The molecule has 0 atom stereocenters. The molecule has 0 aliphatic heterocycles. The van der Waals surface area contributed by atoms with Gasteiger partial charge in [-0.2, -0.15) is 13.2 Å². The van der Waals surface area contributed by atoms with E-state index < -0.39 is 12.0 Å². The van der Waals surface area contributed by atoms with Crippen molar-refractivity contribution in [1.82, 2.24) is 0 Å². The monoisotopic (exact) mass is 258 g/mol. The maximum atomic E-state index is 11.8. The second-order valence-electron chi connectivity index (χ2n) is 2.29. The molecule has 1 nitrogen and oxygen atoms in total. The van der Waals surface area contributed by atoms with E-state index in [9.17, 15) is 18.0 Å². The molecule has 1 aromatic rings. The molecule has 0 fully saturated rings. The first-order chi connectivity index (χ1) is 6.93. The molecule has 1 rings (SSSR count). The van der Waals surface area contributed by atoms with E-state index in [1.165, 1.54) is 12.1 Å². The Labute approximate surface area is 94.8 Å². The molecule has 84 valence electrons. The number of ketones is 1. The summed E-state index contributed by atoms with van der Waals surface area (Å²) < 4.78 is 35.4. The molecule has 0 bridgehead atoms. The zero-order valence-electron chi connectivity index (χ0n) is 7.39. The number of Topliss-reactive ketones (excluding diaryl/α,β-unsaturated/α-hetero) is 1. The fraction of sp³-hybridized carbons (Fsp3) is 0.222. The second kappa shape index (κ2) is 6.69. The average Bonchev–Trinajstić information content (AvgIpc) is 2.18. The second-order valence-corrected chi connectivity index (χ2v) is 3.10. The molecule has 0 N–H and O–H groups in total. The molecule has 0 heterocycles. The van der Waals surface area contributed by atoms with Gasteiger partial charge in [-0.3, -0.25) is 4.79 Å². The summed E-state index contributed by atoms with van der Waals surface area (Å²) in [4.78, 5) is 10.5. The van der Waals surface area contributed by atoms with Gasteiger partial charge in [0.05, 0.1) is 5.34 Å². The van der Waals surface area contributed by atoms with Crippen molar-refractivity contribution in [2.24, 2.45) is 0 Å². The number of alkyl halides is 5. The molecule has 0 spiro atoms. The quantitative estimate of drug-likeness (QED) is 0.553. The van der Waals surface area contributed by atoms with E-state index in [-0.39, 0.29) is 10.9 Å².